The van der Waals surface area contributed by atoms with Crippen LogP contribution in [-0.2, 0) is 0 Å². The Balaban J connectivity index is 1.61. The number of aromatic nitrogens is 3. The quantitative estimate of drug-likeness (QED) is 0.615. The van der Waals surface area contributed by atoms with Crippen LogP contribution in [0.4, 0.5) is 5.13 Å². The number of benzene rings is 2. The van der Waals surface area contributed by atoms with Gasteiger partial charge in [0, 0.05) is 22.7 Å². The van der Waals surface area contributed by atoms with Crippen LogP contribution >= 0.6 is 11.3 Å². The summed E-state index contributed by atoms with van der Waals surface area (Å²) in [6.45, 7) is 0. The summed E-state index contributed by atoms with van der Waals surface area (Å²) < 4.78 is 0. The number of nitrogens with one attached hydrogen (secondary N) is 1. The molecule has 0 atom stereocenters. The molecule has 0 spiro atoms. The Labute approximate surface area is 142 Å². The minimum Gasteiger partial charge on any atom is -0.296 e. The van der Waals surface area contributed by atoms with Crippen molar-refractivity contribution in [2.45, 2.75) is 0 Å². The van der Waals surface area contributed by atoms with Crippen LogP contribution in [0.1, 0.15) is 10.4 Å². The van der Waals surface area contributed by atoms with Gasteiger partial charge in [0.1, 0.15) is 5.01 Å². The lowest BCUT2D eigenvalue weighted by molar-refractivity contribution is 0.102. The average molecular weight is 332 g/mol. The third-order valence-corrected chi connectivity index (χ3v) is 4.44. The van der Waals surface area contributed by atoms with Crippen LogP contribution in [0, 0.1) is 0 Å². The third-order valence-electron chi connectivity index (χ3n) is 3.56. The molecule has 0 fully saturated rings. The predicted octanol–water partition coefficient (Wildman–Crippen LogP) is 4.01. The molecule has 2 aromatic heterocycles. The minimum atomic E-state index is -0.218. The van der Waals surface area contributed by atoms with Crippen molar-refractivity contribution >= 4 is 33.3 Å². The second-order valence-electron chi connectivity index (χ2n) is 5.11. The van der Waals surface area contributed by atoms with Gasteiger partial charge >= 0.3 is 0 Å². The van der Waals surface area contributed by atoms with Gasteiger partial charge in [-0.1, -0.05) is 53.8 Å². The molecule has 0 saturated carbocycles. The molecule has 1 amide bonds. The standard InChI is InChI=1S/C18H12N4OS/c23-16(14-8-4-10-15-13(14)9-5-11-19-15)20-18-22-21-17(24-18)12-6-2-1-3-7-12/h1-11H,(H,20,22,23). The number of hydrogen-bond donors (Lipinski definition) is 1. The fourth-order valence-electron chi connectivity index (χ4n) is 2.44. The Hall–Kier alpha value is -3.12. The zero-order chi connectivity index (χ0) is 16.4. The molecule has 0 unspecified atom stereocenters. The summed E-state index contributed by atoms with van der Waals surface area (Å²) in [6.07, 6.45) is 1.71. The lowest BCUT2D eigenvalue weighted by Crippen LogP contribution is -2.12. The summed E-state index contributed by atoms with van der Waals surface area (Å²) in [5, 5.41) is 13.1. The summed E-state index contributed by atoms with van der Waals surface area (Å²) >= 11 is 1.34. The van der Waals surface area contributed by atoms with E-state index >= 15 is 0 Å². The van der Waals surface area contributed by atoms with E-state index in [-0.39, 0.29) is 5.91 Å². The van der Waals surface area contributed by atoms with Crippen molar-refractivity contribution in [3.05, 3.63) is 72.4 Å². The summed E-state index contributed by atoms with van der Waals surface area (Å²) in [5.41, 5.74) is 2.33. The van der Waals surface area contributed by atoms with E-state index in [1.165, 1.54) is 11.3 Å². The fraction of sp³-hybridized carbons (Fsp3) is 0. The van der Waals surface area contributed by atoms with Gasteiger partial charge < -0.3 is 0 Å². The van der Waals surface area contributed by atoms with E-state index < -0.39 is 0 Å². The second kappa shape index (κ2) is 6.17. The first kappa shape index (κ1) is 14.5. The van der Waals surface area contributed by atoms with Gasteiger partial charge in [-0.15, -0.1) is 10.2 Å². The Morgan fingerprint density at radius 3 is 2.67 bits per heavy atom. The van der Waals surface area contributed by atoms with E-state index in [2.05, 4.69) is 20.5 Å². The van der Waals surface area contributed by atoms with Crippen molar-refractivity contribution in [2.75, 3.05) is 5.32 Å². The number of anilines is 1. The van der Waals surface area contributed by atoms with Crippen molar-refractivity contribution in [3.63, 3.8) is 0 Å². The molecule has 6 heteroatoms. The van der Waals surface area contributed by atoms with Crippen molar-refractivity contribution in [2.24, 2.45) is 0 Å². The molecular weight excluding hydrogens is 320 g/mol. The van der Waals surface area contributed by atoms with Crippen molar-refractivity contribution < 1.29 is 4.79 Å². The highest BCUT2D eigenvalue weighted by Gasteiger charge is 2.13. The molecule has 2 aromatic carbocycles. The molecule has 1 N–H and O–H groups in total. The zero-order valence-corrected chi connectivity index (χ0v) is 13.3. The van der Waals surface area contributed by atoms with Crippen LogP contribution < -0.4 is 5.32 Å². The lowest BCUT2D eigenvalue weighted by Gasteiger charge is -2.04. The van der Waals surface area contributed by atoms with E-state index in [9.17, 15) is 4.79 Å². The van der Waals surface area contributed by atoms with Gasteiger partial charge in [0.15, 0.2) is 0 Å². The third kappa shape index (κ3) is 2.75. The van der Waals surface area contributed by atoms with Crippen LogP contribution in [0.25, 0.3) is 21.5 Å². The SMILES string of the molecule is O=C(Nc1nnc(-c2ccccc2)s1)c1cccc2ncccc12. The van der Waals surface area contributed by atoms with Gasteiger partial charge in [-0.3, -0.25) is 15.1 Å². The normalized spacial score (nSPS) is 10.7. The highest BCUT2D eigenvalue weighted by molar-refractivity contribution is 7.18. The second-order valence-corrected chi connectivity index (χ2v) is 6.09. The first-order valence-corrected chi connectivity index (χ1v) is 8.17. The van der Waals surface area contributed by atoms with Gasteiger partial charge in [-0.05, 0) is 18.2 Å². The fourth-order valence-corrected chi connectivity index (χ4v) is 3.18. The molecule has 0 saturated heterocycles. The highest BCUT2D eigenvalue weighted by atomic mass is 32.1. The number of pyridine rings is 1. The molecule has 0 aliphatic heterocycles. The Morgan fingerprint density at radius 2 is 1.79 bits per heavy atom. The van der Waals surface area contributed by atoms with Crippen molar-refractivity contribution in [3.8, 4) is 10.6 Å². The molecule has 5 nitrogen and oxygen atoms in total. The maximum atomic E-state index is 12.6. The molecule has 0 radical (unpaired) electrons. The average Bonchev–Trinajstić information content (AvgIpc) is 3.10. The van der Waals surface area contributed by atoms with E-state index in [4.69, 9.17) is 0 Å². The number of carbonyl (C=O) groups excluding carboxylic acids is 1. The number of fused-ring (bicyclic) bond motifs is 1. The van der Waals surface area contributed by atoms with Gasteiger partial charge in [0.25, 0.3) is 5.91 Å². The molecule has 116 valence electrons. The number of nitrogens with zero attached hydrogens (tertiary/aromatic N) is 3. The van der Waals surface area contributed by atoms with Crippen LogP contribution in [-0.4, -0.2) is 21.1 Å². The summed E-state index contributed by atoms with van der Waals surface area (Å²) in [7, 11) is 0. The molecule has 0 bridgehead atoms. The summed E-state index contributed by atoms with van der Waals surface area (Å²) in [4.78, 5) is 16.8. The van der Waals surface area contributed by atoms with E-state index in [1.807, 2.05) is 54.6 Å². The first-order chi connectivity index (χ1) is 11.8. The van der Waals surface area contributed by atoms with Crippen molar-refractivity contribution in [1.29, 1.82) is 0 Å². The van der Waals surface area contributed by atoms with Crippen LogP contribution in [0.5, 0.6) is 0 Å². The van der Waals surface area contributed by atoms with Crippen molar-refractivity contribution in [1.82, 2.24) is 15.2 Å². The molecule has 4 aromatic rings. The molecule has 4 rings (SSSR count). The van der Waals surface area contributed by atoms with Gasteiger partial charge in [-0.25, -0.2) is 0 Å². The molecular formula is C18H12N4OS. The maximum Gasteiger partial charge on any atom is 0.258 e. The summed E-state index contributed by atoms with van der Waals surface area (Å²) in [5.74, 6) is -0.218. The predicted molar refractivity (Wildman–Crippen MR) is 95.0 cm³/mol. The number of carbonyl (C=O) groups is 1. The van der Waals surface area contributed by atoms with Crippen LogP contribution in [0.2, 0.25) is 0 Å². The van der Waals surface area contributed by atoms with Gasteiger partial charge in [0.05, 0.1) is 5.52 Å². The summed E-state index contributed by atoms with van der Waals surface area (Å²) in [6, 6.07) is 18.9. The lowest BCUT2D eigenvalue weighted by atomic mass is 10.1. The number of amides is 1. The zero-order valence-electron chi connectivity index (χ0n) is 12.5. The molecule has 2 heterocycles. The molecule has 24 heavy (non-hydrogen) atoms. The topological polar surface area (TPSA) is 67.8 Å². The van der Waals surface area contributed by atoms with Crippen LogP contribution in [0.15, 0.2) is 66.9 Å². The maximum absolute atomic E-state index is 12.6. The number of rotatable bonds is 3. The van der Waals surface area contributed by atoms with E-state index in [0.717, 1.165) is 21.5 Å². The Morgan fingerprint density at radius 1 is 0.917 bits per heavy atom. The first-order valence-electron chi connectivity index (χ1n) is 7.35. The minimum absolute atomic E-state index is 0.218. The molecule has 0 aliphatic carbocycles. The Kier molecular flexibility index (Phi) is 3.72. The largest absolute Gasteiger partial charge is 0.296 e. The van der Waals surface area contributed by atoms with Gasteiger partial charge in [-0.2, -0.15) is 0 Å². The Bertz CT molecular complexity index is 1010. The van der Waals surface area contributed by atoms with Gasteiger partial charge in [0.2, 0.25) is 5.13 Å². The van der Waals surface area contributed by atoms with E-state index in [0.29, 0.717) is 10.7 Å². The smallest absolute Gasteiger partial charge is 0.258 e. The van der Waals surface area contributed by atoms with E-state index in [1.54, 1.807) is 12.3 Å². The molecule has 0 aliphatic rings. The monoisotopic (exact) mass is 332 g/mol. The van der Waals surface area contributed by atoms with Crippen LogP contribution in [0.3, 0.4) is 0 Å². The number of hydrogen-bond acceptors (Lipinski definition) is 5. The highest BCUT2D eigenvalue weighted by Crippen LogP contribution is 2.26.